The van der Waals surface area contributed by atoms with Crippen molar-refractivity contribution in [2.24, 2.45) is 5.92 Å². The summed E-state index contributed by atoms with van der Waals surface area (Å²) in [6.07, 6.45) is 10.1. The lowest BCUT2D eigenvalue weighted by Crippen LogP contribution is -2.40. The van der Waals surface area contributed by atoms with E-state index >= 15 is 0 Å². The molecule has 2 aliphatic carbocycles. The van der Waals surface area contributed by atoms with Gasteiger partial charge in [-0.05, 0) is 56.2 Å². The molecule has 0 radical (unpaired) electrons. The molecule has 1 aromatic carbocycles. The van der Waals surface area contributed by atoms with Gasteiger partial charge in [-0.1, -0.05) is 37.0 Å². The Labute approximate surface area is 138 Å². The molecule has 124 valence electrons. The third-order valence-corrected chi connectivity index (χ3v) is 5.14. The summed E-state index contributed by atoms with van der Waals surface area (Å²) in [6.45, 7) is 2.66. The van der Waals surface area contributed by atoms with E-state index in [-0.39, 0.29) is 11.7 Å². The molecule has 2 saturated carbocycles. The molecule has 0 aromatic heterocycles. The van der Waals surface area contributed by atoms with Crippen LogP contribution in [-0.4, -0.2) is 16.8 Å². The molecule has 2 aliphatic rings. The minimum atomic E-state index is -0.228. The van der Waals surface area contributed by atoms with E-state index in [2.05, 4.69) is 6.92 Å². The molecule has 0 spiro atoms. The molecular formula is C20H26FNO. The smallest absolute Gasteiger partial charge is 0.247 e. The van der Waals surface area contributed by atoms with Crippen LogP contribution in [0.4, 0.5) is 4.39 Å². The van der Waals surface area contributed by atoms with Gasteiger partial charge in [0.15, 0.2) is 0 Å². The highest BCUT2D eigenvalue weighted by molar-refractivity contribution is 5.88. The van der Waals surface area contributed by atoms with Crippen LogP contribution in [0.2, 0.25) is 0 Å². The molecule has 0 saturated heterocycles. The summed E-state index contributed by atoms with van der Waals surface area (Å²) in [7, 11) is 0. The van der Waals surface area contributed by atoms with Gasteiger partial charge in [-0.15, -0.1) is 0 Å². The maximum absolute atomic E-state index is 13.1. The molecule has 1 amide bonds. The number of carbonyl (C=O) groups excluding carboxylic acids is 1. The lowest BCUT2D eigenvalue weighted by atomic mass is 9.93. The largest absolute Gasteiger partial charge is 0.332 e. The lowest BCUT2D eigenvalue weighted by Gasteiger charge is -2.34. The van der Waals surface area contributed by atoms with E-state index in [1.54, 1.807) is 12.1 Å². The average molecular weight is 315 g/mol. The summed E-state index contributed by atoms with van der Waals surface area (Å²) in [5, 5.41) is 0. The second-order valence-corrected chi connectivity index (χ2v) is 7.05. The molecule has 3 heteroatoms. The Morgan fingerprint density at radius 2 is 1.78 bits per heavy atom. The Balaban J connectivity index is 1.75. The second-order valence-electron chi connectivity index (χ2n) is 7.05. The minimum absolute atomic E-state index is 0.130. The van der Waals surface area contributed by atoms with E-state index in [0.717, 1.165) is 18.4 Å². The van der Waals surface area contributed by atoms with E-state index < -0.39 is 0 Å². The van der Waals surface area contributed by atoms with Gasteiger partial charge in [0.25, 0.3) is 0 Å². The Morgan fingerprint density at radius 3 is 2.39 bits per heavy atom. The zero-order valence-electron chi connectivity index (χ0n) is 13.9. The first kappa shape index (κ1) is 16.2. The molecule has 0 heterocycles. The van der Waals surface area contributed by atoms with E-state index in [1.807, 2.05) is 11.0 Å². The van der Waals surface area contributed by atoms with Crippen LogP contribution >= 0.6 is 0 Å². The predicted molar refractivity (Wildman–Crippen MR) is 90.3 cm³/mol. The van der Waals surface area contributed by atoms with Crippen LogP contribution in [-0.2, 0) is 11.3 Å². The van der Waals surface area contributed by atoms with Crippen LogP contribution in [0.1, 0.15) is 57.4 Å². The van der Waals surface area contributed by atoms with Gasteiger partial charge in [0.05, 0.1) is 0 Å². The standard InChI is InChI=1S/C20H26FNO/c1-15(17-9-10-17)13-20(23)22(19-5-3-2-4-6-19)14-16-7-11-18(21)12-8-16/h7-8,11-13,17,19H,2-6,9-10,14H2,1H3. The Hall–Kier alpha value is -1.64. The van der Waals surface area contributed by atoms with Crippen molar-refractivity contribution in [3.63, 3.8) is 0 Å². The molecule has 0 unspecified atom stereocenters. The van der Waals surface area contributed by atoms with E-state index in [0.29, 0.717) is 18.5 Å². The van der Waals surface area contributed by atoms with Gasteiger partial charge in [0, 0.05) is 18.7 Å². The van der Waals surface area contributed by atoms with E-state index in [4.69, 9.17) is 0 Å². The van der Waals surface area contributed by atoms with E-state index in [9.17, 15) is 9.18 Å². The van der Waals surface area contributed by atoms with Gasteiger partial charge in [0.2, 0.25) is 5.91 Å². The fraction of sp³-hybridized carbons (Fsp3) is 0.550. The Kier molecular flexibility index (Phi) is 5.14. The number of halogens is 1. The van der Waals surface area contributed by atoms with Crippen molar-refractivity contribution >= 4 is 5.91 Å². The summed E-state index contributed by atoms with van der Waals surface area (Å²) in [4.78, 5) is 14.8. The number of hydrogen-bond donors (Lipinski definition) is 0. The van der Waals surface area contributed by atoms with Crippen LogP contribution in [0, 0.1) is 11.7 Å². The molecular weight excluding hydrogens is 289 g/mol. The molecule has 0 atom stereocenters. The molecule has 1 aromatic rings. The maximum Gasteiger partial charge on any atom is 0.247 e. The molecule has 3 rings (SSSR count). The SMILES string of the molecule is CC(=CC(=O)N(Cc1ccc(F)cc1)C1CCCCC1)C1CC1. The second kappa shape index (κ2) is 7.29. The first-order valence-corrected chi connectivity index (χ1v) is 8.87. The molecule has 2 fully saturated rings. The molecule has 0 N–H and O–H groups in total. The highest BCUT2D eigenvalue weighted by atomic mass is 19.1. The van der Waals surface area contributed by atoms with Crippen molar-refractivity contribution in [3.8, 4) is 0 Å². The zero-order valence-corrected chi connectivity index (χ0v) is 13.9. The van der Waals surface area contributed by atoms with Gasteiger partial charge in [-0.3, -0.25) is 4.79 Å². The molecule has 0 bridgehead atoms. The number of hydrogen-bond acceptors (Lipinski definition) is 1. The van der Waals surface area contributed by atoms with Gasteiger partial charge < -0.3 is 4.90 Å². The quantitative estimate of drug-likeness (QED) is 0.712. The summed E-state index contributed by atoms with van der Waals surface area (Å²) >= 11 is 0. The number of rotatable bonds is 5. The highest BCUT2D eigenvalue weighted by Gasteiger charge is 2.27. The topological polar surface area (TPSA) is 20.3 Å². The van der Waals surface area contributed by atoms with Gasteiger partial charge in [-0.25, -0.2) is 4.39 Å². The van der Waals surface area contributed by atoms with Crippen LogP contribution in [0.25, 0.3) is 0 Å². The summed E-state index contributed by atoms with van der Waals surface area (Å²) in [5.74, 6) is 0.525. The van der Waals surface area contributed by atoms with Crippen molar-refractivity contribution in [3.05, 3.63) is 47.3 Å². The van der Waals surface area contributed by atoms with Gasteiger partial charge >= 0.3 is 0 Å². The van der Waals surface area contributed by atoms with Crippen molar-refractivity contribution in [1.29, 1.82) is 0 Å². The number of carbonyl (C=O) groups is 1. The van der Waals surface area contributed by atoms with Crippen molar-refractivity contribution < 1.29 is 9.18 Å². The third-order valence-electron chi connectivity index (χ3n) is 5.14. The normalized spacial score (nSPS) is 19.7. The van der Waals surface area contributed by atoms with Crippen LogP contribution in [0.3, 0.4) is 0 Å². The average Bonchev–Trinajstić information content (AvgIpc) is 3.40. The van der Waals surface area contributed by atoms with Crippen LogP contribution in [0.15, 0.2) is 35.9 Å². The van der Waals surface area contributed by atoms with Crippen LogP contribution in [0.5, 0.6) is 0 Å². The maximum atomic E-state index is 13.1. The summed E-state index contributed by atoms with van der Waals surface area (Å²) < 4.78 is 13.1. The first-order chi connectivity index (χ1) is 11.1. The highest BCUT2D eigenvalue weighted by Crippen LogP contribution is 2.36. The number of allylic oxidation sites excluding steroid dienone is 1. The van der Waals surface area contributed by atoms with E-state index in [1.165, 1.54) is 49.8 Å². The number of amides is 1. The fourth-order valence-electron chi connectivity index (χ4n) is 3.50. The van der Waals surface area contributed by atoms with Gasteiger partial charge in [0.1, 0.15) is 5.82 Å². The van der Waals surface area contributed by atoms with Gasteiger partial charge in [-0.2, -0.15) is 0 Å². The molecule has 23 heavy (non-hydrogen) atoms. The zero-order chi connectivity index (χ0) is 16.2. The predicted octanol–water partition coefficient (Wildman–Crippen LogP) is 4.84. The molecule has 2 nitrogen and oxygen atoms in total. The van der Waals surface area contributed by atoms with Crippen LogP contribution < -0.4 is 0 Å². The minimum Gasteiger partial charge on any atom is -0.332 e. The fourth-order valence-corrected chi connectivity index (χ4v) is 3.50. The Morgan fingerprint density at radius 1 is 1.13 bits per heavy atom. The third kappa shape index (κ3) is 4.43. The number of nitrogens with zero attached hydrogens (tertiary/aromatic N) is 1. The lowest BCUT2D eigenvalue weighted by molar-refractivity contribution is -0.129. The first-order valence-electron chi connectivity index (χ1n) is 8.87. The van der Waals surface area contributed by atoms with Crippen molar-refractivity contribution in [2.75, 3.05) is 0 Å². The van der Waals surface area contributed by atoms with Crippen molar-refractivity contribution in [1.82, 2.24) is 4.90 Å². The molecule has 0 aliphatic heterocycles. The number of benzene rings is 1. The summed E-state index contributed by atoms with van der Waals surface area (Å²) in [5.41, 5.74) is 2.22. The summed E-state index contributed by atoms with van der Waals surface area (Å²) in [6, 6.07) is 6.85. The Bertz CT molecular complexity index is 568. The van der Waals surface area contributed by atoms with Crippen molar-refractivity contribution in [2.45, 2.75) is 64.5 Å². The monoisotopic (exact) mass is 315 g/mol.